The molecule has 108 valence electrons. The van der Waals surface area contributed by atoms with Gasteiger partial charge in [0.15, 0.2) is 0 Å². The largest absolute Gasteiger partial charge is 0.391 e. The fourth-order valence-electron chi connectivity index (χ4n) is 2.53. The van der Waals surface area contributed by atoms with Gasteiger partial charge >= 0.3 is 6.18 Å². The molecule has 0 radical (unpaired) electrons. The van der Waals surface area contributed by atoms with Crippen LogP contribution in [0.4, 0.5) is 13.2 Å². The SMILES string of the molecule is Cc1csc(CCNC2CCC(C(F)(F)F)CC2)n1. The molecule has 0 aromatic carbocycles. The molecule has 1 heterocycles. The number of thiazole rings is 1. The Morgan fingerprint density at radius 1 is 1.32 bits per heavy atom. The van der Waals surface area contributed by atoms with Crippen LogP contribution in [-0.2, 0) is 6.42 Å². The van der Waals surface area contributed by atoms with Crippen LogP contribution >= 0.6 is 11.3 Å². The summed E-state index contributed by atoms with van der Waals surface area (Å²) in [6, 6.07) is 0.236. The summed E-state index contributed by atoms with van der Waals surface area (Å²) in [6.07, 6.45) is -1.38. The maximum Gasteiger partial charge on any atom is 0.391 e. The average Bonchev–Trinajstić information content (AvgIpc) is 2.75. The van der Waals surface area contributed by atoms with Gasteiger partial charge in [0.05, 0.1) is 10.9 Å². The van der Waals surface area contributed by atoms with Crippen molar-refractivity contribution in [2.45, 2.75) is 51.2 Å². The first kappa shape index (κ1) is 14.8. The number of hydrogen-bond donors (Lipinski definition) is 1. The third kappa shape index (κ3) is 4.45. The molecule has 1 N–H and O–H groups in total. The normalized spacial score (nSPS) is 24.6. The molecule has 6 heteroatoms. The Morgan fingerprint density at radius 3 is 2.53 bits per heavy atom. The summed E-state index contributed by atoms with van der Waals surface area (Å²) >= 11 is 1.64. The topological polar surface area (TPSA) is 24.9 Å². The van der Waals surface area contributed by atoms with E-state index in [1.807, 2.05) is 12.3 Å². The minimum absolute atomic E-state index is 0.236. The number of nitrogens with zero attached hydrogens (tertiary/aromatic N) is 1. The summed E-state index contributed by atoms with van der Waals surface area (Å²) < 4.78 is 37.6. The Balaban J connectivity index is 1.66. The smallest absolute Gasteiger partial charge is 0.314 e. The fourth-order valence-corrected chi connectivity index (χ4v) is 3.30. The molecule has 0 atom stereocenters. The first-order chi connectivity index (χ1) is 8.95. The number of nitrogens with one attached hydrogen (secondary N) is 1. The molecule has 0 bridgehead atoms. The van der Waals surface area contributed by atoms with Gasteiger partial charge in [0.2, 0.25) is 0 Å². The Morgan fingerprint density at radius 2 is 2.00 bits per heavy atom. The number of halogens is 3. The maximum absolute atomic E-state index is 12.5. The van der Waals surface area contributed by atoms with Crippen molar-refractivity contribution in [2.75, 3.05) is 6.54 Å². The lowest BCUT2D eigenvalue weighted by atomic mass is 9.85. The van der Waals surface area contributed by atoms with E-state index >= 15 is 0 Å². The molecule has 0 aliphatic heterocycles. The summed E-state index contributed by atoms with van der Waals surface area (Å²) in [6.45, 7) is 2.76. The molecule has 2 nitrogen and oxygen atoms in total. The van der Waals surface area contributed by atoms with Crippen LogP contribution < -0.4 is 5.32 Å². The Labute approximate surface area is 115 Å². The molecule has 2 rings (SSSR count). The van der Waals surface area contributed by atoms with Crippen LogP contribution in [0.1, 0.15) is 36.4 Å². The van der Waals surface area contributed by atoms with Crippen LogP contribution in [0.5, 0.6) is 0 Å². The van der Waals surface area contributed by atoms with E-state index in [0.29, 0.717) is 12.8 Å². The molecular formula is C13H19F3N2S. The second-order valence-electron chi connectivity index (χ2n) is 5.18. The van der Waals surface area contributed by atoms with Crippen LogP contribution in [0.25, 0.3) is 0 Å². The predicted molar refractivity (Wildman–Crippen MR) is 70.4 cm³/mol. The molecule has 0 saturated heterocycles. The van der Waals surface area contributed by atoms with E-state index < -0.39 is 12.1 Å². The third-order valence-corrected chi connectivity index (χ3v) is 4.65. The lowest BCUT2D eigenvalue weighted by Gasteiger charge is -2.30. The van der Waals surface area contributed by atoms with Crippen molar-refractivity contribution in [2.24, 2.45) is 5.92 Å². The highest BCUT2D eigenvalue weighted by molar-refractivity contribution is 7.09. The van der Waals surface area contributed by atoms with Gasteiger partial charge in [-0.15, -0.1) is 11.3 Å². The predicted octanol–water partition coefficient (Wildman–Crippen LogP) is 3.70. The van der Waals surface area contributed by atoms with Crippen molar-refractivity contribution in [1.29, 1.82) is 0 Å². The van der Waals surface area contributed by atoms with Crippen LogP contribution in [0.2, 0.25) is 0 Å². The molecule has 1 fully saturated rings. The first-order valence-electron chi connectivity index (χ1n) is 6.66. The van der Waals surface area contributed by atoms with E-state index in [0.717, 1.165) is 23.7 Å². The van der Waals surface area contributed by atoms with Crippen molar-refractivity contribution >= 4 is 11.3 Å². The Kier molecular flexibility index (Phi) is 4.84. The highest BCUT2D eigenvalue weighted by atomic mass is 32.1. The highest BCUT2D eigenvalue weighted by Gasteiger charge is 2.41. The number of rotatable bonds is 4. The van der Waals surface area contributed by atoms with Gasteiger partial charge in [-0.25, -0.2) is 4.98 Å². The molecule has 0 amide bonds. The Hall–Kier alpha value is -0.620. The van der Waals surface area contributed by atoms with Gasteiger partial charge < -0.3 is 5.32 Å². The summed E-state index contributed by atoms with van der Waals surface area (Å²) in [5.74, 6) is -1.09. The number of alkyl halides is 3. The molecule has 1 aliphatic carbocycles. The molecule has 1 aromatic rings. The zero-order chi connectivity index (χ0) is 13.9. The van der Waals surface area contributed by atoms with Crippen molar-refractivity contribution < 1.29 is 13.2 Å². The quantitative estimate of drug-likeness (QED) is 0.915. The standard InChI is InChI=1S/C13H19F3N2S/c1-9-8-19-12(18-9)6-7-17-11-4-2-10(3-5-11)13(14,15)16/h8,10-11,17H,2-7H2,1H3. The van der Waals surface area contributed by atoms with Crippen molar-refractivity contribution in [3.63, 3.8) is 0 Å². The van der Waals surface area contributed by atoms with Crippen molar-refractivity contribution in [1.82, 2.24) is 10.3 Å². The maximum atomic E-state index is 12.5. The Bertz CT molecular complexity index is 395. The molecule has 19 heavy (non-hydrogen) atoms. The zero-order valence-corrected chi connectivity index (χ0v) is 11.8. The van der Waals surface area contributed by atoms with Crippen LogP contribution in [0.3, 0.4) is 0 Å². The minimum atomic E-state index is -4.01. The lowest BCUT2D eigenvalue weighted by Crippen LogP contribution is -2.37. The highest BCUT2D eigenvalue weighted by Crippen LogP contribution is 2.37. The van der Waals surface area contributed by atoms with Crippen LogP contribution in [0, 0.1) is 12.8 Å². The van der Waals surface area contributed by atoms with E-state index in [2.05, 4.69) is 10.3 Å². The van der Waals surface area contributed by atoms with E-state index in [-0.39, 0.29) is 18.9 Å². The third-order valence-electron chi connectivity index (χ3n) is 3.63. The second-order valence-corrected chi connectivity index (χ2v) is 6.12. The van der Waals surface area contributed by atoms with Gasteiger partial charge in [-0.1, -0.05) is 0 Å². The monoisotopic (exact) mass is 292 g/mol. The molecule has 0 spiro atoms. The summed E-state index contributed by atoms with van der Waals surface area (Å²) in [7, 11) is 0. The van der Waals surface area contributed by atoms with Crippen molar-refractivity contribution in [3.05, 3.63) is 16.1 Å². The van der Waals surface area contributed by atoms with Crippen LogP contribution in [0.15, 0.2) is 5.38 Å². The van der Waals surface area contributed by atoms with Gasteiger partial charge in [-0.2, -0.15) is 13.2 Å². The summed E-state index contributed by atoms with van der Waals surface area (Å²) in [4.78, 5) is 4.37. The van der Waals surface area contributed by atoms with Gasteiger partial charge in [-0.05, 0) is 32.6 Å². The van der Waals surface area contributed by atoms with Gasteiger partial charge in [-0.3, -0.25) is 0 Å². The number of aromatic nitrogens is 1. The molecule has 1 saturated carbocycles. The minimum Gasteiger partial charge on any atom is -0.314 e. The van der Waals surface area contributed by atoms with Crippen LogP contribution in [-0.4, -0.2) is 23.7 Å². The van der Waals surface area contributed by atoms with Gasteiger partial charge in [0.1, 0.15) is 0 Å². The molecule has 1 aromatic heterocycles. The summed E-state index contributed by atoms with van der Waals surface area (Å²) in [5, 5.41) is 6.46. The molecular weight excluding hydrogens is 273 g/mol. The molecule has 0 unspecified atom stereocenters. The fraction of sp³-hybridized carbons (Fsp3) is 0.769. The first-order valence-corrected chi connectivity index (χ1v) is 7.54. The van der Waals surface area contributed by atoms with E-state index in [1.165, 1.54) is 0 Å². The number of aryl methyl sites for hydroxylation is 1. The van der Waals surface area contributed by atoms with Crippen molar-refractivity contribution in [3.8, 4) is 0 Å². The average molecular weight is 292 g/mol. The van der Waals surface area contributed by atoms with Gasteiger partial charge in [0, 0.05) is 30.1 Å². The van der Waals surface area contributed by atoms with E-state index in [1.54, 1.807) is 11.3 Å². The van der Waals surface area contributed by atoms with E-state index in [4.69, 9.17) is 0 Å². The summed E-state index contributed by atoms with van der Waals surface area (Å²) in [5.41, 5.74) is 1.03. The lowest BCUT2D eigenvalue weighted by molar-refractivity contribution is -0.182. The molecule has 1 aliphatic rings. The zero-order valence-electron chi connectivity index (χ0n) is 11.0. The second kappa shape index (κ2) is 6.22. The van der Waals surface area contributed by atoms with E-state index in [9.17, 15) is 13.2 Å². The van der Waals surface area contributed by atoms with Gasteiger partial charge in [0.25, 0.3) is 0 Å². The number of hydrogen-bond acceptors (Lipinski definition) is 3.